The van der Waals surface area contributed by atoms with E-state index in [0.717, 1.165) is 25.8 Å². The second kappa shape index (κ2) is 6.55. The van der Waals surface area contributed by atoms with Gasteiger partial charge in [0.15, 0.2) is 0 Å². The largest absolute Gasteiger partial charge is 0.378 e. The van der Waals surface area contributed by atoms with E-state index in [1.807, 2.05) is 0 Å². The molecule has 0 amide bonds. The molecule has 1 unspecified atom stereocenters. The number of hydrogen-bond donors (Lipinski definition) is 2. The number of unbranched alkanes of at least 4 members (excludes halogenated alkanes) is 1. The molecule has 1 aliphatic heterocycles. The predicted octanol–water partition coefficient (Wildman–Crippen LogP) is 3.13. The normalized spacial score (nSPS) is 25.4. The van der Waals surface area contributed by atoms with Crippen LogP contribution in [-0.4, -0.2) is 39.9 Å². The number of rotatable bonds is 6. The second-order valence-electron chi connectivity index (χ2n) is 7.30. The van der Waals surface area contributed by atoms with Crippen molar-refractivity contribution >= 4 is 0 Å². The van der Waals surface area contributed by atoms with Crippen LogP contribution < -0.4 is 5.32 Å². The van der Waals surface area contributed by atoms with Crippen molar-refractivity contribution in [3.8, 4) is 0 Å². The lowest BCUT2D eigenvalue weighted by Gasteiger charge is -2.57. The highest BCUT2D eigenvalue weighted by Crippen LogP contribution is 2.40. The minimum atomic E-state index is -0.332. The lowest BCUT2D eigenvalue weighted by atomic mass is 9.76. The first-order valence-electron chi connectivity index (χ1n) is 7.95. The van der Waals surface area contributed by atoms with Crippen LogP contribution >= 0.6 is 0 Å². The third-order valence-corrected chi connectivity index (χ3v) is 4.42. The maximum absolute atomic E-state index is 10.4. The number of nitrogens with zero attached hydrogens (tertiary/aromatic N) is 1. The number of aliphatic hydroxyl groups excluding tert-OH is 1. The van der Waals surface area contributed by atoms with Crippen LogP contribution in [-0.2, 0) is 0 Å². The first kappa shape index (κ1) is 16.9. The average molecular weight is 270 g/mol. The van der Waals surface area contributed by atoms with Crippen molar-refractivity contribution in [2.45, 2.75) is 97.0 Å². The van der Waals surface area contributed by atoms with Crippen molar-refractivity contribution in [1.82, 2.24) is 10.2 Å². The quantitative estimate of drug-likeness (QED) is 0.728. The fraction of sp³-hybridized carbons (Fsp3) is 1.00. The fourth-order valence-corrected chi connectivity index (χ4v) is 3.91. The summed E-state index contributed by atoms with van der Waals surface area (Å²) in [5, 5.41) is 14.1. The molecule has 0 bridgehead atoms. The van der Waals surface area contributed by atoms with Gasteiger partial charge in [-0.2, -0.15) is 0 Å². The van der Waals surface area contributed by atoms with Crippen molar-refractivity contribution < 1.29 is 5.11 Å². The molecule has 0 aliphatic carbocycles. The summed E-state index contributed by atoms with van der Waals surface area (Å²) in [4.78, 5) is 2.32. The molecule has 3 heteroatoms. The Morgan fingerprint density at radius 2 is 1.68 bits per heavy atom. The maximum atomic E-state index is 10.4. The first-order chi connectivity index (χ1) is 8.74. The summed E-state index contributed by atoms with van der Waals surface area (Å²) in [5.41, 5.74) is 0.0854. The van der Waals surface area contributed by atoms with E-state index in [4.69, 9.17) is 0 Å². The SMILES string of the molecule is CCCCNC1CC(C)(C)N(C(O)CC)C(C)(C)C1. The molecule has 1 heterocycles. The highest BCUT2D eigenvalue weighted by Gasteiger charge is 2.47. The molecule has 0 aromatic heterocycles. The van der Waals surface area contributed by atoms with Gasteiger partial charge in [-0.25, -0.2) is 0 Å². The Morgan fingerprint density at radius 1 is 1.16 bits per heavy atom. The van der Waals surface area contributed by atoms with Gasteiger partial charge in [0.1, 0.15) is 6.23 Å². The van der Waals surface area contributed by atoms with Crippen molar-refractivity contribution in [2.24, 2.45) is 0 Å². The van der Waals surface area contributed by atoms with Crippen LogP contribution in [0.25, 0.3) is 0 Å². The molecule has 0 radical (unpaired) electrons. The average Bonchev–Trinajstić information content (AvgIpc) is 2.25. The summed E-state index contributed by atoms with van der Waals surface area (Å²) < 4.78 is 0. The fourth-order valence-electron chi connectivity index (χ4n) is 3.91. The van der Waals surface area contributed by atoms with E-state index in [-0.39, 0.29) is 17.3 Å². The molecule has 0 saturated carbocycles. The highest BCUT2D eigenvalue weighted by atomic mass is 16.3. The molecular weight excluding hydrogens is 236 g/mol. The Morgan fingerprint density at radius 3 is 2.11 bits per heavy atom. The molecule has 1 atom stereocenters. The van der Waals surface area contributed by atoms with E-state index in [2.05, 4.69) is 51.8 Å². The summed E-state index contributed by atoms with van der Waals surface area (Å²) in [5.74, 6) is 0. The van der Waals surface area contributed by atoms with Crippen LogP contribution in [0.4, 0.5) is 0 Å². The van der Waals surface area contributed by atoms with Crippen LogP contribution in [0, 0.1) is 0 Å². The topological polar surface area (TPSA) is 35.5 Å². The second-order valence-corrected chi connectivity index (χ2v) is 7.30. The smallest absolute Gasteiger partial charge is 0.107 e. The standard InChI is InChI=1S/C16H34N2O/c1-7-9-10-17-13-11-15(3,4)18(14(19)8-2)16(5,6)12-13/h13-14,17,19H,7-12H2,1-6H3. The lowest BCUT2D eigenvalue weighted by Crippen LogP contribution is -2.66. The number of nitrogens with one attached hydrogen (secondary N) is 1. The van der Waals surface area contributed by atoms with Crippen LogP contribution in [0.3, 0.4) is 0 Å². The molecular formula is C16H34N2O. The molecule has 0 spiro atoms. The number of likely N-dealkylation sites (tertiary alicyclic amines) is 1. The van der Waals surface area contributed by atoms with Crippen molar-refractivity contribution in [1.29, 1.82) is 0 Å². The van der Waals surface area contributed by atoms with Crippen LogP contribution in [0.15, 0.2) is 0 Å². The van der Waals surface area contributed by atoms with Crippen LogP contribution in [0.5, 0.6) is 0 Å². The number of aliphatic hydroxyl groups is 1. The molecule has 1 aliphatic rings. The van der Waals surface area contributed by atoms with E-state index in [1.54, 1.807) is 0 Å². The third kappa shape index (κ3) is 4.17. The van der Waals surface area contributed by atoms with Gasteiger partial charge < -0.3 is 10.4 Å². The zero-order valence-electron chi connectivity index (χ0n) is 13.8. The van der Waals surface area contributed by atoms with Crippen molar-refractivity contribution in [2.75, 3.05) is 6.54 Å². The monoisotopic (exact) mass is 270 g/mol. The van der Waals surface area contributed by atoms with Gasteiger partial charge in [-0.05, 0) is 59.9 Å². The third-order valence-electron chi connectivity index (χ3n) is 4.42. The molecule has 114 valence electrons. The molecule has 1 saturated heterocycles. The van der Waals surface area contributed by atoms with Crippen LogP contribution in [0.2, 0.25) is 0 Å². The Labute approximate surface area is 119 Å². The summed E-state index contributed by atoms with van der Waals surface area (Å²) in [6.07, 6.45) is 5.17. The molecule has 3 nitrogen and oxygen atoms in total. The molecule has 0 aromatic rings. The van der Waals surface area contributed by atoms with Gasteiger partial charge in [0.25, 0.3) is 0 Å². The summed E-state index contributed by atoms with van der Waals surface area (Å²) in [7, 11) is 0. The predicted molar refractivity (Wildman–Crippen MR) is 82.2 cm³/mol. The summed E-state index contributed by atoms with van der Waals surface area (Å²) >= 11 is 0. The summed E-state index contributed by atoms with van der Waals surface area (Å²) in [6, 6.07) is 0.567. The molecule has 19 heavy (non-hydrogen) atoms. The van der Waals surface area contributed by atoms with Gasteiger partial charge in [-0.3, -0.25) is 4.90 Å². The minimum absolute atomic E-state index is 0.0427. The first-order valence-corrected chi connectivity index (χ1v) is 7.95. The maximum Gasteiger partial charge on any atom is 0.107 e. The number of piperidine rings is 1. The van der Waals surface area contributed by atoms with E-state index in [1.165, 1.54) is 12.8 Å². The minimum Gasteiger partial charge on any atom is -0.378 e. The Balaban J connectivity index is 2.76. The van der Waals surface area contributed by atoms with E-state index >= 15 is 0 Å². The number of hydrogen-bond acceptors (Lipinski definition) is 3. The van der Waals surface area contributed by atoms with Gasteiger partial charge in [0, 0.05) is 17.1 Å². The van der Waals surface area contributed by atoms with Gasteiger partial charge >= 0.3 is 0 Å². The van der Waals surface area contributed by atoms with Gasteiger partial charge in [0.05, 0.1) is 0 Å². The zero-order valence-corrected chi connectivity index (χ0v) is 13.8. The Kier molecular flexibility index (Phi) is 5.84. The highest BCUT2D eigenvalue weighted by molar-refractivity contribution is 5.02. The van der Waals surface area contributed by atoms with Gasteiger partial charge in [-0.1, -0.05) is 20.3 Å². The van der Waals surface area contributed by atoms with Gasteiger partial charge in [-0.15, -0.1) is 0 Å². The van der Waals surface area contributed by atoms with Gasteiger partial charge in [0.2, 0.25) is 0 Å². The van der Waals surface area contributed by atoms with E-state index in [9.17, 15) is 5.11 Å². The molecule has 1 fully saturated rings. The zero-order chi connectivity index (χ0) is 14.7. The van der Waals surface area contributed by atoms with Crippen molar-refractivity contribution in [3.05, 3.63) is 0 Å². The molecule has 2 N–H and O–H groups in total. The summed E-state index contributed by atoms with van der Waals surface area (Å²) in [6.45, 7) is 14.5. The Hall–Kier alpha value is -0.120. The Bertz CT molecular complexity index is 258. The lowest BCUT2D eigenvalue weighted by molar-refractivity contribution is -0.145. The molecule has 0 aromatic carbocycles. The van der Waals surface area contributed by atoms with Crippen molar-refractivity contribution in [3.63, 3.8) is 0 Å². The van der Waals surface area contributed by atoms with Crippen LogP contribution in [0.1, 0.15) is 73.6 Å². The van der Waals surface area contributed by atoms with E-state index < -0.39 is 0 Å². The molecule has 1 rings (SSSR count). The van der Waals surface area contributed by atoms with E-state index in [0.29, 0.717) is 6.04 Å².